The van der Waals surface area contributed by atoms with Crippen molar-refractivity contribution in [2.75, 3.05) is 11.9 Å². The Morgan fingerprint density at radius 3 is 2.50 bits per heavy atom. The number of benzene rings is 1. The first-order valence-corrected chi connectivity index (χ1v) is 7.93. The lowest BCUT2D eigenvalue weighted by Crippen LogP contribution is -2.32. The molecule has 0 bridgehead atoms. The highest BCUT2D eigenvalue weighted by Crippen LogP contribution is 2.23. The van der Waals surface area contributed by atoms with Gasteiger partial charge >= 0.3 is 5.97 Å². The molecule has 0 amide bonds. The number of hydrogen-bond acceptors (Lipinski definition) is 4. The monoisotopic (exact) mass is 300 g/mol. The van der Waals surface area contributed by atoms with Crippen LogP contribution in [0.2, 0.25) is 0 Å². The summed E-state index contributed by atoms with van der Waals surface area (Å²) < 4.78 is 27.2. The molecule has 0 spiro atoms. The molecule has 20 heavy (non-hydrogen) atoms. The van der Waals surface area contributed by atoms with Crippen LogP contribution in [0.15, 0.2) is 23.1 Å². The lowest BCUT2D eigenvalue weighted by molar-refractivity contribution is 0.0696. The highest BCUT2D eigenvalue weighted by molar-refractivity contribution is 7.89. The van der Waals surface area contributed by atoms with Crippen LogP contribution < -0.4 is 10.0 Å². The van der Waals surface area contributed by atoms with Gasteiger partial charge in [-0.1, -0.05) is 6.92 Å². The molecule has 0 heterocycles. The number of rotatable bonds is 7. The van der Waals surface area contributed by atoms with Crippen LogP contribution in [-0.4, -0.2) is 32.1 Å². The first-order chi connectivity index (χ1) is 9.31. The highest BCUT2D eigenvalue weighted by atomic mass is 32.2. The second-order valence-corrected chi connectivity index (χ2v) is 6.16. The van der Waals surface area contributed by atoms with Gasteiger partial charge in [-0.25, -0.2) is 17.9 Å². The third-order valence-electron chi connectivity index (χ3n) is 2.85. The SMILES string of the molecule is CCNc1ccc(C(=O)O)cc1S(=O)(=O)N[C@H](C)CC. The zero-order valence-electron chi connectivity index (χ0n) is 11.8. The van der Waals surface area contributed by atoms with E-state index in [9.17, 15) is 13.2 Å². The van der Waals surface area contributed by atoms with Crippen molar-refractivity contribution in [3.8, 4) is 0 Å². The van der Waals surface area contributed by atoms with E-state index in [0.29, 0.717) is 18.7 Å². The smallest absolute Gasteiger partial charge is 0.335 e. The van der Waals surface area contributed by atoms with E-state index in [1.165, 1.54) is 18.2 Å². The molecular formula is C13H20N2O4S. The summed E-state index contributed by atoms with van der Waals surface area (Å²) in [5.74, 6) is -1.16. The minimum absolute atomic E-state index is 0.0421. The highest BCUT2D eigenvalue weighted by Gasteiger charge is 2.22. The van der Waals surface area contributed by atoms with E-state index in [-0.39, 0.29) is 16.5 Å². The molecular weight excluding hydrogens is 280 g/mol. The lowest BCUT2D eigenvalue weighted by Gasteiger charge is -2.16. The molecule has 7 heteroatoms. The maximum absolute atomic E-state index is 12.3. The third kappa shape index (κ3) is 3.94. The Labute approximate surface area is 119 Å². The number of anilines is 1. The van der Waals surface area contributed by atoms with Crippen molar-refractivity contribution >= 4 is 21.7 Å². The number of aromatic carboxylic acids is 1. The van der Waals surface area contributed by atoms with Crippen molar-refractivity contribution in [2.24, 2.45) is 0 Å². The minimum atomic E-state index is -3.76. The van der Waals surface area contributed by atoms with Gasteiger partial charge in [0.15, 0.2) is 0 Å². The summed E-state index contributed by atoms with van der Waals surface area (Å²) >= 11 is 0. The Morgan fingerprint density at radius 2 is 2.00 bits per heavy atom. The van der Waals surface area contributed by atoms with Gasteiger partial charge in [-0.2, -0.15) is 0 Å². The minimum Gasteiger partial charge on any atom is -0.478 e. The van der Waals surface area contributed by atoms with E-state index >= 15 is 0 Å². The number of nitrogens with one attached hydrogen (secondary N) is 2. The van der Waals surface area contributed by atoms with E-state index in [4.69, 9.17) is 5.11 Å². The molecule has 0 aliphatic carbocycles. The molecule has 0 fully saturated rings. The number of sulfonamides is 1. The molecule has 1 rings (SSSR count). The zero-order chi connectivity index (χ0) is 15.3. The quantitative estimate of drug-likeness (QED) is 0.714. The summed E-state index contributed by atoms with van der Waals surface area (Å²) in [6, 6.07) is 3.80. The van der Waals surface area contributed by atoms with Crippen LogP contribution >= 0.6 is 0 Å². The van der Waals surface area contributed by atoms with E-state index in [0.717, 1.165) is 0 Å². The van der Waals surface area contributed by atoms with Crippen LogP contribution in [-0.2, 0) is 10.0 Å². The van der Waals surface area contributed by atoms with Crippen LogP contribution in [0.1, 0.15) is 37.6 Å². The predicted molar refractivity (Wildman–Crippen MR) is 77.6 cm³/mol. The van der Waals surface area contributed by atoms with Crippen LogP contribution in [0.5, 0.6) is 0 Å². The predicted octanol–water partition coefficient (Wildman–Crippen LogP) is 1.89. The maximum atomic E-state index is 12.3. The van der Waals surface area contributed by atoms with Crippen LogP contribution in [0.25, 0.3) is 0 Å². The third-order valence-corrected chi connectivity index (χ3v) is 4.48. The molecule has 6 nitrogen and oxygen atoms in total. The van der Waals surface area contributed by atoms with Gasteiger partial charge < -0.3 is 10.4 Å². The molecule has 112 valence electrons. The Balaban J connectivity index is 3.31. The van der Waals surface area contributed by atoms with Crippen molar-refractivity contribution in [3.63, 3.8) is 0 Å². The molecule has 3 N–H and O–H groups in total. The molecule has 0 aromatic heterocycles. The van der Waals surface area contributed by atoms with Gasteiger partial charge in [0.25, 0.3) is 0 Å². The standard InChI is InChI=1S/C13H20N2O4S/c1-4-9(3)15-20(18,19)12-8-10(13(16)17)6-7-11(12)14-5-2/h6-9,14-15H,4-5H2,1-3H3,(H,16,17)/t9-/m1/s1. The largest absolute Gasteiger partial charge is 0.478 e. The van der Waals surface area contributed by atoms with Crippen LogP contribution in [0.4, 0.5) is 5.69 Å². The molecule has 0 unspecified atom stereocenters. The van der Waals surface area contributed by atoms with Gasteiger partial charge in [0.2, 0.25) is 10.0 Å². The molecule has 1 atom stereocenters. The normalized spacial score (nSPS) is 12.9. The Kier molecular flexibility index (Phi) is 5.52. The number of carbonyl (C=O) groups is 1. The van der Waals surface area contributed by atoms with Gasteiger partial charge in [0.05, 0.1) is 11.3 Å². The molecule has 0 saturated carbocycles. The van der Waals surface area contributed by atoms with E-state index in [1.54, 1.807) is 6.92 Å². The maximum Gasteiger partial charge on any atom is 0.335 e. The van der Waals surface area contributed by atoms with E-state index < -0.39 is 16.0 Å². The molecule has 0 aliphatic rings. The van der Waals surface area contributed by atoms with Gasteiger partial charge in [0, 0.05) is 12.6 Å². The molecule has 0 saturated heterocycles. The Hall–Kier alpha value is -1.60. The summed E-state index contributed by atoms with van der Waals surface area (Å²) in [6.07, 6.45) is 0.647. The van der Waals surface area contributed by atoms with Crippen molar-refractivity contribution in [1.82, 2.24) is 4.72 Å². The van der Waals surface area contributed by atoms with Gasteiger partial charge in [-0.05, 0) is 38.5 Å². The summed E-state index contributed by atoms with van der Waals surface area (Å²) in [4.78, 5) is 10.9. The molecule has 0 aliphatic heterocycles. The average molecular weight is 300 g/mol. The Bertz CT molecular complexity index is 584. The average Bonchev–Trinajstić information content (AvgIpc) is 2.38. The molecule has 1 aromatic carbocycles. The van der Waals surface area contributed by atoms with Gasteiger partial charge in [0.1, 0.15) is 4.90 Å². The van der Waals surface area contributed by atoms with Crippen LogP contribution in [0.3, 0.4) is 0 Å². The van der Waals surface area contributed by atoms with Crippen molar-refractivity contribution in [1.29, 1.82) is 0 Å². The fourth-order valence-electron chi connectivity index (χ4n) is 1.63. The van der Waals surface area contributed by atoms with Crippen molar-refractivity contribution in [3.05, 3.63) is 23.8 Å². The van der Waals surface area contributed by atoms with Crippen molar-refractivity contribution < 1.29 is 18.3 Å². The van der Waals surface area contributed by atoms with Crippen molar-refractivity contribution in [2.45, 2.75) is 38.1 Å². The second-order valence-electron chi connectivity index (χ2n) is 4.48. The lowest BCUT2D eigenvalue weighted by atomic mass is 10.2. The van der Waals surface area contributed by atoms with E-state index in [1.807, 2.05) is 13.8 Å². The fraction of sp³-hybridized carbons (Fsp3) is 0.462. The summed E-state index contributed by atoms with van der Waals surface area (Å²) in [5.41, 5.74) is 0.337. The van der Waals surface area contributed by atoms with Crippen LogP contribution in [0, 0.1) is 0 Å². The second kappa shape index (κ2) is 6.71. The zero-order valence-corrected chi connectivity index (χ0v) is 12.6. The van der Waals surface area contributed by atoms with Gasteiger partial charge in [-0.3, -0.25) is 0 Å². The number of carboxylic acids is 1. The molecule has 1 aromatic rings. The fourth-order valence-corrected chi connectivity index (χ4v) is 3.16. The summed E-state index contributed by atoms with van der Waals surface area (Å²) in [5, 5.41) is 11.9. The van der Waals surface area contributed by atoms with E-state index in [2.05, 4.69) is 10.0 Å². The first kappa shape index (κ1) is 16.5. The molecule has 0 radical (unpaired) electrons. The summed E-state index contributed by atoms with van der Waals surface area (Å²) in [6.45, 7) is 6.00. The first-order valence-electron chi connectivity index (χ1n) is 6.45. The number of carboxylic acid groups (broad SMARTS) is 1. The topological polar surface area (TPSA) is 95.5 Å². The Morgan fingerprint density at radius 1 is 1.35 bits per heavy atom. The van der Waals surface area contributed by atoms with Gasteiger partial charge in [-0.15, -0.1) is 0 Å². The summed E-state index contributed by atoms with van der Waals surface area (Å²) in [7, 11) is -3.76. The number of hydrogen-bond donors (Lipinski definition) is 3.